The standard InChI is InChI=1S/C12H24O2Si/c1-5-7-9-11-13-15(3,4)14-12-10-8-6-2/h7-10H,5-6,11-12H2,1-4H3/b9-7-,10-8-. The normalized spacial score (nSPS) is 13.1. The van der Waals surface area contributed by atoms with Crippen LogP contribution in [0.25, 0.3) is 0 Å². The molecular formula is C12H24O2Si. The Morgan fingerprint density at radius 2 is 1.20 bits per heavy atom. The van der Waals surface area contributed by atoms with Gasteiger partial charge in [-0.25, -0.2) is 0 Å². The van der Waals surface area contributed by atoms with E-state index in [2.05, 4.69) is 51.2 Å². The summed E-state index contributed by atoms with van der Waals surface area (Å²) < 4.78 is 11.4. The quantitative estimate of drug-likeness (QED) is 0.466. The molecule has 0 unspecified atom stereocenters. The Bertz CT molecular complexity index is 178. The Kier molecular flexibility index (Phi) is 8.66. The Morgan fingerprint density at radius 3 is 1.53 bits per heavy atom. The fourth-order valence-electron chi connectivity index (χ4n) is 1.01. The summed E-state index contributed by atoms with van der Waals surface area (Å²) in [5, 5.41) is 0. The number of allylic oxidation sites excluding steroid dienone is 2. The molecule has 0 radical (unpaired) electrons. The van der Waals surface area contributed by atoms with E-state index in [-0.39, 0.29) is 0 Å². The van der Waals surface area contributed by atoms with Crippen LogP contribution in [0.4, 0.5) is 0 Å². The second-order valence-corrected chi connectivity index (χ2v) is 7.16. The average molecular weight is 228 g/mol. The maximum atomic E-state index is 5.71. The second kappa shape index (κ2) is 8.89. The van der Waals surface area contributed by atoms with Crippen LogP contribution >= 0.6 is 0 Å². The topological polar surface area (TPSA) is 18.5 Å². The van der Waals surface area contributed by atoms with Gasteiger partial charge in [0, 0.05) is 0 Å². The van der Waals surface area contributed by atoms with Crippen molar-refractivity contribution in [3.05, 3.63) is 24.3 Å². The molecule has 0 saturated heterocycles. The van der Waals surface area contributed by atoms with Crippen molar-refractivity contribution in [1.29, 1.82) is 0 Å². The van der Waals surface area contributed by atoms with Crippen molar-refractivity contribution >= 4 is 8.56 Å². The summed E-state index contributed by atoms with van der Waals surface area (Å²) in [6.45, 7) is 9.73. The summed E-state index contributed by atoms with van der Waals surface area (Å²) in [5.74, 6) is 0. The average Bonchev–Trinajstić information content (AvgIpc) is 2.20. The summed E-state index contributed by atoms with van der Waals surface area (Å²) >= 11 is 0. The van der Waals surface area contributed by atoms with Gasteiger partial charge in [-0.3, -0.25) is 0 Å². The van der Waals surface area contributed by atoms with Crippen molar-refractivity contribution in [1.82, 2.24) is 0 Å². The Morgan fingerprint density at radius 1 is 0.800 bits per heavy atom. The van der Waals surface area contributed by atoms with Crippen LogP contribution < -0.4 is 0 Å². The first-order valence-electron chi connectivity index (χ1n) is 5.70. The summed E-state index contributed by atoms with van der Waals surface area (Å²) in [6, 6.07) is 0. The number of rotatable bonds is 8. The molecular weight excluding hydrogens is 204 g/mol. The zero-order valence-corrected chi connectivity index (χ0v) is 11.5. The van der Waals surface area contributed by atoms with Crippen LogP contribution in [-0.4, -0.2) is 21.8 Å². The van der Waals surface area contributed by atoms with Crippen LogP contribution in [0.15, 0.2) is 24.3 Å². The Balaban J connectivity index is 3.66. The maximum absolute atomic E-state index is 5.71. The molecule has 0 bridgehead atoms. The zero-order chi connectivity index (χ0) is 11.6. The van der Waals surface area contributed by atoms with Gasteiger partial charge in [0.05, 0.1) is 13.2 Å². The molecule has 0 aromatic rings. The van der Waals surface area contributed by atoms with Gasteiger partial charge in [0.25, 0.3) is 0 Å². The van der Waals surface area contributed by atoms with Crippen LogP contribution in [0.5, 0.6) is 0 Å². The molecule has 0 rings (SSSR count). The van der Waals surface area contributed by atoms with Crippen LogP contribution in [0.1, 0.15) is 26.7 Å². The summed E-state index contributed by atoms with van der Waals surface area (Å²) in [4.78, 5) is 0. The van der Waals surface area contributed by atoms with E-state index in [4.69, 9.17) is 8.85 Å². The van der Waals surface area contributed by atoms with E-state index >= 15 is 0 Å². The van der Waals surface area contributed by atoms with Crippen LogP contribution in [0, 0.1) is 0 Å². The van der Waals surface area contributed by atoms with Crippen molar-refractivity contribution in [2.24, 2.45) is 0 Å². The highest BCUT2D eigenvalue weighted by molar-refractivity contribution is 6.64. The van der Waals surface area contributed by atoms with E-state index in [1.807, 2.05) is 0 Å². The van der Waals surface area contributed by atoms with Crippen molar-refractivity contribution in [3.63, 3.8) is 0 Å². The van der Waals surface area contributed by atoms with Gasteiger partial charge in [0.2, 0.25) is 0 Å². The van der Waals surface area contributed by atoms with Crippen LogP contribution in [0.2, 0.25) is 13.1 Å². The van der Waals surface area contributed by atoms with Gasteiger partial charge in [-0.05, 0) is 25.9 Å². The molecule has 0 atom stereocenters. The molecule has 88 valence electrons. The fourth-order valence-corrected chi connectivity index (χ4v) is 2.09. The van der Waals surface area contributed by atoms with Gasteiger partial charge in [0.15, 0.2) is 0 Å². The molecule has 0 aromatic heterocycles. The van der Waals surface area contributed by atoms with Crippen molar-refractivity contribution < 1.29 is 8.85 Å². The van der Waals surface area contributed by atoms with E-state index in [1.165, 1.54) is 0 Å². The third-order valence-electron chi connectivity index (χ3n) is 1.86. The molecule has 0 aliphatic carbocycles. The molecule has 0 fully saturated rings. The van der Waals surface area contributed by atoms with E-state index in [0.29, 0.717) is 13.2 Å². The lowest BCUT2D eigenvalue weighted by molar-refractivity contribution is 0.213. The van der Waals surface area contributed by atoms with Gasteiger partial charge in [0.1, 0.15) is 0 Å². The fraction of sp³-hybridized carbons (Fsp3) is 0.667. The molecule has 15 heavy (non-hydrogen) atoms. The first kappa shape index (κ1) is 14.6. The molecule has 0 heterocycles. The lowest BCUT2D eigenvalue weighted by atomic mass is 10.4. The monoisotopic (exact) mass is 228 g/mol. The number of hydrogen-bond donors (Lipinski definition) is 0. The van der Waals surface area contributed by atoms with Gasteiger partial charge in [-0.2, -0.15) is 0 Å². The van der Waals surface area contributed by atoms with Crippen LogP contribution in [0.3, 0.4) is 0 Å². The van der Waals surface area contributed by atoms with Gasteiger partial charge >= 0.3 is 8.56 Å². The summed E-state index contributed by atoms with van der Waals surface area (Å²) in [5.41, 5.74) is 0. The van der Waals surface area contributed by atoms with Gasteiger partial charge in [-0.1, -0.05) is 38.2 Å². The molecule has 0 aliphatic heterocycles. The lowest BCUT2D eigenvalue weighted by Crippen LogP contribution is -2.34. The van der Waals surface area contributed by atoms with E-state index in [9.17, 15) is 0 Å². The Hall–Kier alpha value is -0.383. The highest BCUT2D eigenvalue weighted by Crippen LogP contribution is 2.06. The third-order valence-corrected chi connectivity index (χ3v) is 3.58. The molecule has 2 nitrogen and oxygen atoms in total. The maximum Gasteiger partial charge on any atom is 0.332 e. The molecule has 3 heteroatoms. The summed E-state index contributed by atoms with van der Waals surface area (Å²) in [6.07, 6.45) is 10.5. The molecule has 0 aliphatic rings. The molecule has 0 aromatic carbocycles. The zero-order valence-electron chi connectivity index (χ0n) is 10.5. The largest absolute Gasteiger partial charge is 0.391 e. The van der Waals surface area contributed by atoms with E-state index < -0.39 is 8.56 Å². The van der Waals surface area contributed by atoms with Crippen LogP contribution in [-0.2, 0) is 8.85 Å². The third kappa shape index (κ3) is 9.91. The predicted octanol–water partition coefficient (Wildman–Crippen LogP) is 3.65. The molecule has 0 spiro atoms. The van der Waals surface area contributed by atoms with E-state index in [1.54, 1.807) is 0 Å². The minimum atomic E-state index is -1.91. The Labute approximate surface area is 95.2 Å². The van der Waals surface area contributed by atoms with Gasteiger partial charge in [-0.15, -0.1) is 0 Å². The molecule has 0 saturated carbocycles. The highest BCUT2D eigenvalue weighted by atomic mass is 28.4. The van der Waals surface area contributed by atoms with Crippen molar-refractivity contribution in [3.8, 4) is 0 Å². The van der Waals surface area contributed by atoms with E-state index in [0.717, 1.165) is 12.8 Å². The second-order valence-electron chi connectivity index (χ2n) is 3.78. The lowest BCUT2D eigenvalue weighted by Gasteiger charge is -2.21. The minimum absolute atomic E-state index is 0.671. The molecule has 0 N–H and O–H groups in total. The smallest absolute Gasteiger partial charge is 0.332 e. The van der Waals surface area contributed by atoms with Gasteiger partial charge < -0.3 is 8.85 Å². The first-order chi connectivity index (χ1) is 7.12. The molecule has 0 amide bonds. The first-order valence-corrected chi connectivity index (χ1v) is 8.52. The SMILES string of the molecule is CC/C=C\CO[Si](C)(C)OC/C=C\CC. The summed E-state index contributed by atoms with van der Waals surface area (Å²) in [7, 11) is -1.91. The van der Waals surface area contributed by atoms with Crippen molar-refractivity contribution in [2.75, 3.05) is 13.2 Å². The van der Waals surface area contributed by atoms with Crippen molar-refractivity contribution in [2.45, 2.75) is 39.8 Å². The predicted molar refractivity (Wildman–Crippen MR) is 68.2 cm³/mol. The highest BCUT2D eigenvalue weighted by Gasteiger charge is 2.22. The minimum Gasteiger partial charge on any atom is -0.391 e. The number of hydrogen-bond acceptors (Lipinski definition) is 2.